The van der Waals surface area contributed by atoms with Crippen molar-refractivity contribution < 1.29 is 0 Å². The standard InChI is InChI=1S/C11H11Cl2N5/c1-15-10-9(14)11(17-5-16-10)18-8-3-6(12)2-7(13)4-8/h2-5H,14H2,1H3,(H2,15,16,17,18). The van der Waals surface area contributed by atoms with E-state index in [0.717, 1.165) is 0 Å². The first-order valence-corrected chi connectivity index (χ1v) is 5.87. The van der Waals surface area contributed by atoms with Gasteiger partial charge in [-0.05, 0) is 18.2 Å². The molecule has 1 aromatic heterocycles. The number of halogens is 2. The lowest BCUT2D eigenvalue weighted by Crippen LogP contribution is -2.04. The van der Waals surface area contributed by atoms with Gasteiger partial charge in [-0.25, -0.2) is 9.97 Å². The summed E-state index contributed by atoms with van der Waals surface area (Å²) in [7, 11) is 1.73. The van der Waals surface area contributed by atoms with Crippen LogP contribution in [0.25, 0.3) is 0 Å². The van der Waals surface area contributed by atoms with E-state index in [1.165, 1.54) is 6.33 Å². The molecule has 5 nitrogen and oxygen atoms in total. The molecule has 2 aromatic rings. The van der Waals surface area contributed by atoms with Gasteiger partial charge in [-0.15, -0.1) is 0 Å². The smallest absolute Gasteiger partial charge is 0.159 e. The van der Waals surface area contributed by atoms with E-state index in [-0.39, 0.29) is 0 Å². The van der Waals surface area contributed by atoms with Crippen LogP contribution in [0.2, 0.25) is 10.0 Å². The summed E-state index contributed by atoms with van der Waals surface area (Å²) >= 11 is 11.8. The maximum atomic E-state index is 5.91. The van der Waals surface area contributed by atoms with Crippen molar-refractivity contribution in [2.24, 2.45) is 0 Å². The highest BCUT2D eigenvalue weighted by atomic mass is 35.5. The predicted molar refractivity (Wildman–Crippen MR) is 75.7 cm³/mol. The fourth-order valence-corrected chi connectivity index (χ4v) is 1.98. The number of rotatable bonds is 3. The van der Waals surface area contributed by atoms with Gasteiger partial charge in [0.25, 0.3) is 0 Å². The summed E-state index contributed by atoms with van der Waals surface area (Å²) in [5.41, 5.74) is 7.04. The lowest BCUT2D eigenvalue weighted by molar-refractivity contribution is 1.16. The Hall–Kier alpha value is -1.72. The van der Waals surface area contributed by atoms with Crippen LogP contribution in [0.15, 0.2) is 24.5 Å². The van der Waals surface area contributed by atoms with Crippen LogP contribution in [-0.2, 0) is 0 Å². The fraction of sp³-hybridized carbons (Fsp3) is 0.0909. The highest BCUT2D eigenvalue weighted by Gasteiger charge is 2.07. The van der Waals surface area contributed by atoms with Gasteiger partial charge in [0.1, 0.15) is 12.0 Å². The molecule has 0 saturated heterocycles. The number of nitrogens with one attached hydrogen (secondary N) is 2. The first kappa shape index (κ1) is 12.7. The van der Waals surface area contributed by atoms with Gasteiger partial charge in [0.2, 0.25) is 0 Å². The topological polar surface area (TPSA) is 75.9 Å². The number of nitrogens with zero attached hydrogens (tertiary/aromatic N) is 2. The third kappa shape index (κ3) is 2.75. The summed E-state index contributed by atoms with van der Waals surface area (Å²) < 4.78 is 0. The molecule has 0 spiro atoms. The molecule has 2 rings (SSSR count). The van der Waals surface area contributed by atoms with E-state index < -0.39 is 0 Å². The molecule has 0 atom stereocenters. The Bertz CT molecular complexity index is 553. The summed E-state index contributed by atoms with van der Waals surface area (Å²) in [6.07, 6.45) is 1.41. The molecule has 4 N–H and O–H groups in total. The molecular formula is C11H11Cl2N5. The molecule has 0 aliphatic rings. The molecule has 0 aliphatic heterocycles. The van der Waals surface area contributed by atoms with Crippen LogP contribution in [0.1, 0.15) is 0 Å². The predicted octanol–water partition coefficient (Wildman–Crippen LogP) is 3.15. The Balaban J connectivity index is 2.34. The molecule has 7 heteroatoms. The molecule has 0 unspecified atom stereocenters. The van der Waals surface area contributed by atoms with E-state index in [1.54, 1.807) is 25.2 Å². The Morgan fingerprint density at radius 2 is 1.67 bits per heavy atom. The zero-order chi connectivity index (χ0) is 13.1. The van der Waals surface area contributed by atoms with Crippen LogP contribution < -0.4 is 16.4 Å². The maximum Gasteiger partial charge on any atom is 0.159 e. The summed E-state index contributed by atoms with van der Waals surface area (Å²) in [6, 6.07) is 5.11. The average molecular weight is 284 g/mol. The third-order valence-corrected chi connectivity index (χ3v) is 2.68. The number of benzene rings is 1. The monoisotopic (exact) mass is 283 g/mol. The molecule has 0 radical (unpaired) electrons. The van der Waals surface area contributed by atoms with Crippen LogP contribution in [0.4, 0.5) is 23.0 Å². The van der Waals surface area contributed by atoms with Gasteiger partial charge < -0.3 is 16.4 Å². The van der Waals surface area contributed by atoms with Crippen LogP contribution in [0.5, 0.6) is 0 Å². The van der Waals surface area contributed by atoms with Gasteiger partial charge >= 0.3 is 0 Å². The second kappa shape index (κ2) is 5.29. The molecule has 0 amide bonds. The molecule has 18 heavy (non-hydrogen) atoms. The molecule has 0 bridgehead atoms. The minimum Gasteiger partial charge on any atom is -0.393 e. The molecule has 1 aromatic carbocycles. The Labute approximate surface area is 114 Å². The molecule has 94 valence electrons. The second-order valence-electron chi connectivity index (χ2n) is 3.52. The van der Waals surface area contributed by atoms with Gasteiger partial charge in [-0.3, -0.25) is 0 Å². The molecular weight excluding hydrogens is 273 g/mol. The third-order valence-electron chi connectivity index (χ3n) is 2.25. The average Bonchev–Trinajstić information content (AvgIpc) is 2.30. The van der Waals surface area contributed by atoms with Crippen molar-refractivity contribution in [3.05, 3.63) is 34.6 Å². The lowest BCUT2D eigenvalue weighted by Gasteiger charge is -2.11. The van der Waals surface area contributed by atoms with Crippen molar-refractivity contribution >= 4 is 46.2 Å². The maximum absolute atomic E-state index is 5.91. The SMILES string of the molecule is CNc1ncnc(Nc2cc(Cl)cc(Cl)c2)c1N. The first-order chi connectivity index (χ1) is 8.60. The lowest BCUT2D eigenvalue weighted by atomic mass is 10.3. The summed E-state index contributed by atoms with van der Waals surface area (Å²) in [5, 5.41) is 6.99. The minimum absolute atomic E-state index is 0.427. The van der Waals surface area contributed by atoms with Crippen LogP contribution in [0.3, 0.4) is 0 Å². The van der Waals surface area contributed by atoms with Crippen molar-refractivity contribution in [3.63, 3.8) is 0 Å². The van der Waals surface area contributed by atoms with E-state index in [1.807, 2.05) is 0 Å². The number of aromatic nitrogens is 2. The molecule has 0 aliphatic carbocycles. The molecule has 0 saturated carbocycles. The summed E-state index contributed by atoms with van der Waals surface area (Å²) in [6.45, 7) is 0. The van der Waals surface area contributed by atoms with E-state index in [9.17, 15) is 0 Å². The van der Waals surface area contributed by atoms with Gasteiger partial charge in [0.15, 0.2) is 11.6 Å². The van der Waals surface area contributed by atoms with Crippen molar-refractivity contribution in [1.29, 1.82) is 0 Å². The van der Waals surface area contributed by atoms with Gasteiger partial charge in [0, 0.05) is 22.8 Å². The number of anilines is 4. The summed E-state index contributed by atoms with van der Waals surface area (Å²) in [5.74, 6) is 1.05. The number of nitrogens with two attached hydrogens (primary N) is 1. The Morgan fingerprint density at radius 1 is 1.06 bits per heavy atom. The second-order valence-corrected chi connectivity index (χ2v) is 4.39. The van der Waals surface area contributed by atoms with Gasteiger partial charge in [0.05, 0.1) is 0 Å². The fourth-order valence-electron chi connectivity index (χ4n) is 1.46. The highest BCUT2D eigenvalue weighted by Crippen LogP contribution is 2.28. The number of hydrogen-bond acceptors (Lipinski definition) is 5. The van der Waals surface area contributed by atoms with Crippen LogP contribution in [0, 0.1) is 0 Å². The van der Waals surface area contributed by atoms with Gasteiger partial charge in [-0.2, -0.15) is 0 Å². The van der Waals surface area contributed by atoms with Crippen molar-refractivity contribution in [1.82, 2.24) is 9.97 Å². The number of nitrogen functional groups attached to an aromatic ring is 1. The van der Waals surface area contributed by atoms with Crippen LogP contribution in [-0.4, -0.2) is 17.0 Å². The minimum atomic E-state index is 0.427. The largest absolute Gasteiger partial charge is 0.393 e. The molecule has 1 heterocycles. The van der Waals surface area contributed by atoms with E-state index in [2.05, 4.69) is 20.6 Å². The zero-order valence-electron chi connectivity index (χ0n) is 9.54. The first-order valence-electron chi connectivity index (χ1n) is 5.11. The zero-order valence-corrected chi connectivity index (χ0v) is 11.0. The highest BCUT2D eigenvalue weighted by molar-refractivity contribution is 6.35. The Kier molecular flexibility index (Phi) is 3.74. The van der Waals surface area contributed by atoms with Crippen molar-refractivity contribution in [2.45, 2.75) is 0 Å². The van der Waals surface area contributed by atoms with Gasteiger partial charge in [-0.1, -0.05) is 23.2 Å². The molecule has 0 fully saturated rings. The van der Waals surface area contributed by atoms with Crippen molar-refractivity contribution in [3.8, 4) is 0 Å². The van der Waals surface area contributed by atoms with Crippen molar-refractivity contribution in [2.75, 3.05) is 23.4 Å². The Morgan fingerprint density at radius 3 is 2.28 bits per heavy atom. The van der Waals surface area contributed by atoms with Crippen LogP contribution >= 0.6 is 23.2 Å². The number of hydrogen-bond donors (Lipinski definition) is 3. The van der Waals surface area contributed by atoms with E-state index >= 15 is 0 Å². The quantitative estimate of drug-likeness (QED) is 0.807. The van der Waals surface area contributed by atoms with E-state index in [4.69, 9.17) is 28.9 Å². The normalized spacial score (nSPS) is 10.2. The summed E-state index contributed by atoms with van der Waals surface area (Å²) in [4.78, 5) is 8.06. The van der Waals surface area contributed by atoms with E-state index in [0.29, 0.717) is 33.1 Å².